The second-order valence-electron chi connectivity index (χ2n) is 6.91. The first-order valence-electron chi connectivity index (χ1n) is 8.57. The lowest BCUT2D eigenvalue weighted by Crippen LogP contribution is -2.45. The SMILES string of the molecule is CCN(C(=O)C1(C(=O)NCCC(C)C)CC1)c1cccc(C)c1. The van der Waals surface area contributed by atoms with Gasteiger partial charge in [0, 0.05) is 18.8 Å². The minimum absolute atomic E-state index is 0.0624. The molecule has 1 N–H and O–H groups in total. The number of carbonyl (C=O) groups excluding carboxylic acids is 2. The van der Waals surface area contributed by atoms with Crippen LogP contribution >= 0.6 is 0 Å². The van der Waals surface area contributed by atoms with E-state index in [1.165, 1.54) is 0 Å². The summed E-state index contributed by atoms with van der Waals surface area (Å²) in [6.45, 7) is 9.42. The van der Waals surface area contributed by atoms with E-state index in [-0.39, 0.29) is 11.8 Å². The Balaban J connectivity index is 2.09. The molecule has 0 atom stereocenters. The van der Waals surface area contributed by atoms with Crippen LogP contribution in [0.5, 0.6) is 0 Å². The third-order valence-electron chi connectivity index (χ3n) is 4.48. The van der Waals surface area contributed by atoms with Crippen molar-refractivity contribution in [2.24, 2.45) is 11.3 Å². The molecule has 4 nitrogen and oxygen atoms in total. The molecule has 1 fully saturated rings. The minimum atomic E-state index is -0.837. The Bertz CT molecular complexity index is 576. The summed E-state index contributed by atoms with van der Waals surface area (Å²) >= 11 is 0. The van der Waals surface area contributed by atoms with Crippen LogP contribution in [0.4, 0.5) is 5.69 Å². The van der Waals surface area contributed by atoms with Gasteiger partial charge in [0.2, 0.25) is 11.8 Å². The van der Waals surface area contributed by atoms with Gasteiger partial charge in [-0.1, -0.05) is 26.0 Å². The molecule has 2 amide bonds. The summed E-state index contributed by atoms with van der Waals surface area (Å²) in [7, 11) is 0. The van der Waals surface area contributed by atoms with Gasteiger partial charge in [0.15, 0.2) is 0 Å². The van der Waals surface area contributed by atoms with E-state index < -0.39 is 5.41 Å². The molecule has 0 spiro atoms. The van der Waals surface area contributed by atoms with E-state index in [9.17, 15) is 9.59 Å². The second kappa shape index (κ2) is 7.16. The van der Waals surface area contributed by atoms with Crippen molar-refractivity contribution in [1.82, 2.24) is 5.32 Å². The highest BCUT2D eigenvalue weighted by atomic mass is 16.2. The lowest BCUT2D eigenvalue weighted by molar-refractivity contribution is -0.135. The zero-order chi connectivity index (χ0) is 17.0. The third kappa shape index (κ3) is 3.92. The molecule has 0 aliphatic heterocycles. The molecule has 1 aliphatic rings. The Labute approximate surface area is 139 Å². The first kappa shape index (κ1) is 17.5. The van der Waals surface area contributed by atoms with Gasteiger partial charge in [-0.25, -0.2) is 0 Å². The summed E-state index contributed by atoms with van der Waals surface area (Å²) in [5.74, 6) is 0.377. The van der Waals surface area contributed by atoms with Crippen molar-refractivity contribution in [3.63, 3.8) is 0 Å². The maximum absolute atomic E-state index is 13.0. The molecule has 1 aromatic rings. The summed E-state index contributed by atoms with van der Waals surface area (Å²) in [5, 5.41) is 2.95. The molecule has 0 bridgehead atoms. The van der Waals surface area contributed by atoms with Crippen LogP contribution in [0, 0.1) is 18.3 Å². The monoisotopic (exact) mass is 316 g/mol. The highest BCUT2D eigenvalue weighted by Gasteiger charge is 2.57. The van der Waals surface area contributed by atoms with Gasteiger partial charge in [0.05, 0.1) is 0 Å². The van der Waals surface area contributed by atoms with Gasteiger partial charge in [0.1, 0.15) is 5.41 Å². The van der Waals surface area contributed by atoms with Crippen molar-refractivity contribution in [1.29, 1.82) is 0 Å². The number of anilines is 1. The highest BCUT2D eigenvalue weighted by Crippen LogP contribution is 2.48. The van der Waals surface area contributed by atoms with Crippen LogP contribution in [-0.2, 0) is 9.59 Å². The summed E-state index contributed by atoms with van der Waals surface area (Å²) in [4.78, 5) is 27.2. The molecule has 4 heteroatoms. The van der Waals surface area contributed by atoms with Crippen LogP contribution in [0.1, 0.15) is 45.6 Å². The first-order chi connectivity index (χ1) is 10.9. The number of rotatable bonds is 7. The summed E-state index contributed by atoms with van der Waals surface area (Å²) in [5.41, 5.74) is 1.15. The molecule has 2 rings (SSSR count). The van der Waals surface area contributed by atoms with Crippen molar-refractivity contribution < 1.29 is 9.59 Å². The lowest BCUT2D eigenvalue weighted by atomic mass is 10.0. The first-order valence-corrected chi connectivity index (χ1v) is 8.57. The van der Waals surface area contributed by atoms with Crippen molar-refractivity contribution >= 4 is 17.5 Å². The van der Waals surface area contributed by atoms with Crippen LogP contribution in [0.2, 0.25) is 0 Å². The number of aryl methyl sites for hydroxylation is 1. The third-order valence-corrected chi connectivity index (χ3v) is 4.48. The number of carbonyl (C=O) groups is 2. The van der Waals surface area contributed by atoms with E-state index in [4.69, 9.17) is 0 Å². The average Bonchev–Trinajstić information content (AvgIpc) is 3.29. The maximum Gasteiger partial charge on any atom is 0.242 e. The molecule has 23 heavy (non-hydrogen) atoms. The largest absolute Gasteiger partial charge is 0.355 e. The number of nitrogens with one attached hydrogen (secondary N) is 1. The van der Waals surface area contributed by atoms with Crippen molar-refractivity contribution in [2.45, 2.75) is 47.0 Å². The molecule has 1 saturated carbocycles. The molecule has 0 saturated heterocycles. The molecule has 1 aliphatic carbocycles. The van der Waals surface area contributed by atoms with Gasteiger partial charge in [0.25, 0.3) is 0 Å². The van der Waals surface area contributed by atoms with E-state index in [1.54, 1.807) is 4.90 Å². The molecule has 1 aromatic carbocycles. The zero-order valence-electron chi connectivity index (χ0n) is 14.7. The van der Waals surface area contributed by atoms with E-state index in [2.05, 4.69) is 19.2 Å². The van der Waals surface area contributed by atoms with E-state index in [0.29, 0.717) is 31.8 Å². The number of benzene rings is 1. The lowest BCUT2D eigenvalue weighted by Gasteiger charge is -2.26. The summed E-state index contributed by atoms with van der Waals surface area (Å²) < 4.78 is 0. The Hall–Kier alpha value is -1.84. The summed E-state index contributed by atoms with van der Waals surface area (Å²) in [6, 6.07) is 7.88. The molecule has 126 valence electrons. The predicted molar refractivity (Wildman–Crippen MR) is 93.3 cm³/mol. The standard InChI is InChI=1S/C19H28N2O2/c1-5-21(16-8-6-7-15(4)13-16)18(23)19(10-11-19)17(22)20-12-9-14(2)3/h6-8,13-14H,5,9-12H2,1-4H3,(H,20,22). The van der Waals surface area contributed by atoms with Crippen LogP contribution in [-0.4, -0.2) is 24.9 Å². The fraction of sp³-hybridized carbons (Fsp3) is 0.579. The summed E-state index contributed by atoms with van der Waals surface area (Å²) in [6.07, 6.45) is 2.24. The van der Waals surface area contributed by atoms with E-state index in [0.717, 1.165) is 17.7 Å². The fourth-order valence-electron chi connectivity index (χ4n) is 2.80. The van der Waals surface area contributed by atoms with Crippen LogP contribution in [0.25, 0.3) is 0 Å². The second-order valence-corrected chi connectivity index (χ2v) is 6.91. The van der Waals surface area contributed by atoms with Gasteiger partial charge in [-0.2, -0.15) is 0 Å². The molecule has 0 radical (unpaired) electrons. The van der Waals surface area contributed by atoms with E-state index in [1.807, 2.05) is 38.1 Å². The van der Waals surface area contributed by atoms with Gasteiger partial charge in [-0.15, -0.1) is 0 Å². The number of amides is 2. The molecule has 0 unspecified atom stereocenters. The van der Waals surface area contributed by atoms with Gasteiger partial charge < -0.3 is 10.2 Å². The van der Waals surface area contributed by atoms with Crippen molar-refractivity contribution in [3.8, 4) is 0 Å². The van der Waals surface area contributed by atoms with Gasteiger partial charge in [-0.3, -0.25) is 9.59 Å². The quantitative estimate of drug-likeness (QED) is 0.785. The van der Waals surface area contributed by atoms with E-state index >= 15 is 0 Å². The van der Waals surface area contributed by atoms with Crippen LogP contribution in [0.3, 0.4) is 0 Å². The number of hydrogen-bond donors (Lipinski definition) is 1. The minimum Gasteiger partial charge on any atom is -0.355 e. The molecular weight excluding hydrogens is 288 g/mol. The van der Waals surface area contributed by atoms with Crippen molar-refractivity contribution in [2.75, 3.05) is 18.0 Å². The Morgan fingerprint density at radius 2 is 2.00 bits per heavy atom. The fourth-order valence-corrected chi connectivity index (χ4v) is 2.80. The maximum atomic E-state index is 13.0. The molecule has 0 heterocycles. The molecular formula is C19H28N2O2. The smallest absolute Gasteiger partial charge is 0.242 e. The normalized spacial score (nSPS) is 15.3. The van der Waals surface area contributed by atoms with Crippen LogP contribution < -0.4 is 10.2 Å². The Morgan fingerprint density at radius 3 is 2.52 bits per heavy atom. The number of hydrogen-bond acceptors (Lipinski definition) is 2. The van der Waals surface area contributed by atoms with Gasteiger partial charge in [-0.05, 0) is 56.7 Å². The molecule has 0 aromatic heterocycles. The van der Waals surface area contributed by atoms with Crippen molar-refractivity contribution in [3.05, 3.63) is 29.8 Å². The Morgan fingerprint density at radius 1 is 1.30 bits per heavy atom. The topological polar surface area (TPSA) is 49.4 Å². The average molecular weight is 316 g/mol. The van der Waals surface area contributed by atoms with Gasteiger partial charge >= 0.3 is 0 Å². The predicted octanol–water partition coefficient (Wildman–Crippen LogP) is 3.29. The number of nitrogens with zero attached hydrogens (tertiary/aromatic N) is 1. The zero-order valence-corrected chi connectivity index (χ0v) is 14.7. The Kier molecular flexibility index (Phi) is 5.45. The highest BCUT2D eigenvalue weighted by molar-refractivity contribution is 6.14. The van der Waals surface area contributed by atoms with Crippen LogP contribution in [0.15, 0.2) is 24.3 Å².